The number of rotatable bonds is 4. The molecule has 0 bridgehead atoms. The molecule has 1 aromatic heterocycles. The summed E-state index contributed by atoms with van der Waals surface area (Å²) < 4.78 is 30.4. The van der Waals surface area contributed by atoms with E-state index >= 15 is 0 Å². The summed E-state index contributed by atoms with van der Waals surface area (Å²) in [6, 6.07) is 14.0. The van der Waals surface area contributed by atoms with Crippen molar-refractivity contribution >= 4 is 37.5 Å². The fourth-order valence-electron chi connectivity index (χ4n) is 3.92. The normalized spacial score (nSPS) is 16.4. The van der Waals surface area contributed by atoms with Crippen molar-refractivity contribution in [1.82, 2.24) is 8.87 Å². The Morgan fingerprint density at radius 1 is 1.07 bits per heavy atom. The second-order valence-electron chi connectivity index (χ2n) is 7.67. The zero-order valence-corrected chi connectivity index (χ0v) is 18.7. The van der Waals surface area contributed by atoms with Gasteiger partial charge in [0.2, 0.25) is 10.0 Å². The number of aromatic nitrogens is 1. The number of sulfonamides is 1. The summed E-state index contributed by atoms with van der Waals surface area (Å²) in [6.45, 7) is 0. The monoisotopic (exact) mass is 443 g/mol. The first-order chi connectivity index (χ1) is 14.4. The van der Waals surface area contributed by atoms with Crippen molar-refractivity contribution in [2.45, 2.75) is 43.0 Å². The number of carbonyl (C=O) groups is 1. The number of carbonyl (C=O) groups excluding carboxylic acids is 1. The van der Waals surface area contributed by atoms with Gasteiger partial charge >= 0.3 is 0 Å². The number of hydrogen-bond acceptors (Lipinski definition) is 4. The van der Waals surface area contributed by atoms with Gasteiger partial charge in [0.1, 0.15) is 0 Å². The molecular formula is C22H25N3O3S2. The summed E-state index contributed by atoms with van der Waals surface area (Å²) in [7, 11) is -0.0440. The standard InChI is InChI=1S/C22H25N3O3S2/c1-24-19-10-6-7-11-20(19)29-22(24)23-21(26)16-12-14-18(15-13-16)30(27,28)25(2)17-8-4-3-5-9-17/h6-7,10-15,17H,3-5,8-9H2,1-2H3. The van der Waals surface area contributed by atoms with Crippen molar-refractivity contribution in [3.05, 3.63) is 58.9 Å². The van der Waals surface area contributed by atoms with Crippen LogP contribution in [0.4, 0.5) is 0 Å². The molecular weight excluding hydrogens is 418 g/mol. The predicted molar refractivity (Wildman–Crippen MR) is 119 cm³/mol. The molecule has 8 heteroatoms. The lowest BCUT2D eigenvalue weighted by molar-refractivity contribution is 0.0998. The van der Waals surface area contributed by atoms with Gasteiger partial charge in [-0.2, -0.15) is 9.30 Å². The Hall–Kier alpha value is -2.29. The maximum Gasteiger partial charge on any atom is 0.279 e. The Bertz CT molecular complexity index is 1230. The molecule has 0 atom stereocenters. The van der Waals surface area contributed by atoms with Crippen LogP contribution >= 0.6 is 11.3 Å². The molecule has 1 aliphatic carbocycles. The first kappa shape index (κ1) is 21.0. The molecule has 0 radical (unpaired) electrons. The summed E-state index contributed by atoms with van der Waals surface area (Å²) in [6.07, 6.45) is 5.10. The number of para-hydroxylation sites is 1. The molecule has 0 unspecified atom stereocenters. The lowest BCUT2D eigenvalue weighted by Crippen LogP contribution is -2.38. The number of thiazole rings is 1. The molecule has 1 heterocycles. The highest BCUT2D eigenvalue weighted by atomic mass is 32.2. The summed E-state index contributed by atoms with van der Waals surface area (Å²) in [5.41, 5.74) is 1.38. The average Bonchev–Trinajstić information content (AvgIpc) is 3.09. The molecule has 0 saturated heterocycles. The van der Waals surface area contributed by atoms with Gasteiger partial charge in [0.05, 0.1) is 15.1 Å². The van der Waals surface area contributed by atoms with E-state index in [1.807, 2.05) is 35.9 Å². The molecule has 1 fully saturated rings. The van der Waals surface area contributed by atoms with Crippen LogP contribution in [0.5, 0.6) is 0 Å². The Labute approximate surface area is 180 Å². The van der Waals surface area contributed by atoms with Crippen molar-refractivity contribution in [1.29, 1.82) is 0 Å². The molecule has 1 amide bonds. The summed E-state index contributed by atoms with van der Waals surface area (Å²) in [4.78, 5) is 17.7. The van der Waals surface area contributed by atoms with Crippen LogP contribution in [0.15, 0.2) is 58.4 Å². The highest BCUT2D eigenvalue weighted by molar-refractivity contribution is 7.89. The van der Waals surface area contributed by atoms with E-state index in [0.29, 0.717) is 10.4 Å². The van der Waals surface area contributed by atoms with Gasteiger partial charge in [0.15, 0.2) is 4.80 Å². The minimum absolute atomic E-state index is 0.0491. The van der Waals surface area contributed by atoms with Crippen LogP contribution in [0.1, 0.15) is 42.5 Å². The number of benzene rings is 2. The van der Waals surface area contributed by atoms with E-state index in [9.17, 15) is 13.2 Å². The molecule has 0 N–H and O–H groups in total. The van der Waals surface area contributed by atoms with Gasteiger partial charge in [-0.25, -0.2) is 8.42 Å². The predicted octanol–water partition coefficient (Wildman–Crippen LogP) is 3.93. The molecule has 30 heavy (non-hydrogen) atoms. The van der Waals surface area contributed by atoms with Gasteiger partial charge in [0, 0.05) is 25.7 Å². The van der Waals surface area contributed by atoms with E-state index in [2.05, 4.69) is 4.99 Å². The molecule has 0 aliphatic heterocycles. The molecule has 1 saturated carbocycles. The topological polar surface area (TPSA) is 71.7 Å². The van der Waals surface area contributed by atoms with Crippen molar-refractivity contribution in [2.75, 3.05) is 7.05 Å². The van der Waals surface area contributed by atoms with Gasteiger partial charge in [-0.3, -0.25) is 4.79 Å². The minimum atomic E-state index is -3.57. The first-order valence-corrected chi connectivity index (χ1v) is 12.4. The minimum Gasteiger partial charge on any atom is -0.319 e. The van der Waals surface area contributed by atoms with Crippen LogP contribution in [-0.2, 0) is 17.1 Å². The lowest BCUT2D eigenvalue weighted by atomic mass is 9.96. The highest BCUT2D eigenvalue weighted by Crippen LogP contribution is 2.26. The summed E-state index contributed by atoms with van der Waals surface area (Å²) in [5.74, 6) is -0.387. The molecule has 158 valence electrons. The fourth-order valence-corrected chi connectivity index (χ4v) is 6.35. The van der Waals surface area contributed by atoms with Crippen LogP contribution in [0.3, 0.4) is 0 Å². The van der Waals surface area contributed by atoms with Crippen molar-refractivity contribution in [3.8, 4) is 0 Å². The third kappa shape index (κ3) is 3.99. The van der Waals surface area contributed by atoms with Gasteiger partial charge in [0.25, 0.3) is 5.91 Å². The third-order valence-corrected chi connectivity index (χ3v) is 8.82. The number of aryl methyl sites for hydroxylation is 1. The zero-order chi connectivity index (χ0) is 21.3. The molecule has 0 spiro atoms. The SMILES string of the molecule is CN(C1CCCCC1)S(=O)(=O)c1ccc(C(=O)N=c2sc3ccccc3n2C)cc1. The van der Waals surface area contributed by atoms with Crippen LogP contribution in [0, 0.1) is 0 Å². The third-order valence-electron chi connectivity index (χ3n) is 5.78. The maximum atomic E-state index is 13.0. The Morgan fingerprint density at radius 3 is 2.40 bits per heavy atom. The van der Waals surface area contributed by atoms with Crippen molar-refractivity contribution < 1.29 is 13.2 Å². The van der Waals surface area contributed by atoms with Crippen LogP contribution in [0.2, 0.25) is 0 Å². The van der Waals surface area contributed by atoms with Crippen LogP contribution in [0.25, 0.3) is 10.2 Å². The zero-order valence-electron chi connectivity index (χ0n) is 17.1. The Kier molecular flexibility index (Phi) is 5.90. The maximum absolute atomic E-state index is 13.0. The van der Waals surface area contributed by atoms with Gasteiger partial charge in [-0.05, 0) is 49.2 Å². The van der Waals surface area contributed by atoms with E-state index in [4.69, 9.17) is 0 Å². The first-order valence-electron chi connectivity index (χ1n) is 10.1. The largest absolute Gasteiger partial charge is 0.319 e. The lowest BCUT2D eigenvalue weighted by Gasteiger charge is -2.30. The van der Waals surface area contributed by atoms with E-state index in [-0.39, 0.29) is 16.8 Å². The average molecular weight is 444 g/mol. The van der Waals surface area contributed by atoms with E-state index in [1.54, 1.807) is 19.2 Å². The van der Waals surface area contributed by atoms with Crippen LogP contribution in [-0.4, -0.2) is 36.3 Å². The second-order valence-corrected chi connectivity index (χ2v) is 10.7. The van der Waals surface area contributed by atoms with Crippen molar-refractivity contribution in [3.63, 3.8) is 0 Å². The Balaban J connectivity index is 1.58. The molecule has 4 rings (SSSR count). The highest BCUT2D eigenvalue weighted by Gasteiger charge is 2.29. The Morgan fingerprint density at radius 2 is 1.73 bits per heavy atom. The van der Waals surface area contributed by atoms with E-state index in [1.165, 1.54) is 34.2 Å². The molecule has 1 aliphatic rings. The molecule has 6 nitrogen and oxygen atoms in total. The van der Waals surface area contributed by atoms with Gasteiger partial charge in [-0.15, -0.1) is 0 Å². The smallest absolute Gasteiger partial charge is 0.279 e. The number of hydrogen-bond donors (Lipinski definition) is 0. The molecule has 3 aromatic rings. The van der Waals surface area contributed by atoms with E-state index < -0.39 is 10.0 Å². The van der Waals surface area contributed by atoms with Gasteiger partial charge < -0.3 is 4.57 Å². The summed E-state index contributed by atoms with van der Waals surface area (Å²) in [5, 5.41) is 0. The fraction of sp³-hybridized carbons (Fsp3) is 0.364. The summed E-state index contributed by atoms with van der Waals surface area (Å²) >= 11 is 1.45. The van der Waals surface area contributed by atoms with Crippen molar-refractivity contribution in [2.24, 2.45) is 12.0 Å². The van der Waals surface area contributed by atoms with Gasteiger partial charge in [-0.1, -0.05) is 42.7 Å². The van der Waals surface area contributed by atoms with Crippen LogP contribution < -0.4 is 4.80 Å². The second kappa shape index (κ2) is 8.45. The molecule has 2 aromatic carbocycles. The number of fused-ring (bicyclic) bond motifs is 1. The number of amides is 1. The quantitative estimate of drug-likeness (QED) is 0.613. The number of nitrogens with zero attached hydrogens (tertiary/aromatic N) is 3. The van der Waals surface area contributed by atoms with E-state index in [0.717, 1.165) is 35.9 Å².